The first kappa shape index (κ1) is 20.1. The van der Waals surface area contributed by atoms with Gasteiger partial charge in [0.2, 0.25) is 0 Å². The van der Waals surface area contributed by atoms with Crippen molar-refractivity contribution in [2.75, 3.05) is 0 Å². The molecule has 5 heteroatoms. The van der Waals surface area contributed by atoms with E-state index in [0.29, 0.717) is 12.0 Å². The Morgan fingerprint density at radius 2 is 1.43 bits per heavy atom. The molecule has 0 aliphatic rings. The highest BCUT2D eigenvalue weighted by Crippen LogP contribution is 2.17. The maximum absolute atomic E-state index is 13.8. The molecule has 0 heterocycles. The van der Waals surface area contributed by atoms with Gasteiger partial charge in [0.25, 0.3) is 10.1 Å². The van der Waals surface area contributed by atoms with E-state index in [1.54, 1.807) is 0 Å². The maximum atomic E-state index is 13.8. The van der Waals surface area contributed by atoms with Gasteiger partial charge in [0.1, 0.15) is 5.82 Å². The van der Waals surface area contributed by atoms with Crippen molar-refractivity contribution in [3.63, 3.8) is 0 Å². The minimum absolute atomic E-state index is 0.387. The number of hydrogen-bond donors (Lipinski definition) is 1. The van der Waals surface area contributed by atoms with Crippen LogP contribution in [-0.4, -0.2) is 13.0 Å². The molecule has 132 valence electrons. The van der Waals surface area contributed by atoms with Gasteiger partial charge in [-0.15, -0.1) is 0 Å². The van der Waals surface area contributed by atoms with Crippen LogP contribution < -0.4 is 0 Å². The van der Waals surface area contributed by atoms with Crippen molar-refractivity contribution >= 4 is 10.1 Å². The summed E-state index contributed by atoms with van der Waals surface area (Å²) in [6.07, 6.45) is 12.8. The van der Waals surface area contributed by atoms with E-state index in [2.05, 4.69) is 6.92 Å². The van der Waals surface area contributed by atoms with Gasteiger partial charge in [-0.2, -0.15) is 8.42 Å². The lowest BCUT2D eigenvalue weighted by Crippen LogP contribution is -2.00. The molecule has 1 aromatic carbocycles. The van der Waals surface area contributed by atoms with Crippen molar-refractivity contribution in [2.45, 2.75) is 82.4 Å². The number of aryl methyl sites for hydroxylation is 1. The highest BCUT2D eigenvalue weighted by atomic mass is 32.2. The molecular formula is C18H29FO3S. The van der Waals surface area contributed by atoms with E-state index < -0.39 is 15.9 Å². The molecule has 0 bridgehead atoms. The fourth-order valence-corrected chi connectivity index (χ4v) is 3.19. The molecule has 0 unspecified atom stereocenters. The minimum atomic E-state index is -4.33. The van der Waals surface area contributed by atoms with Crippen LogP contribution in [-0.2, 0) is 16.5 Å². The Kier molecular flexibility index (Phi) is 9.41. The van der Waals surface area contributed by atoms with Crippen LogP contribution in [0.15, 0.2) is 23.1 Å². The van der Waals surface area contributed by atoms with E-state index in [1.165, 1.54) is 63.5 Å². The number of unbranched alkanes of at least 4 members (excludes halogenated alkanes) is 9. The standard InChI is InChI=1S/C18H29FO3S/c1-2-3-4-5-6-7-8-9-10-11-12-16-13-14-17(15-18(16)19)23(20,21)22/h13-15H,2-12H2,1H3,(H,20,21,22). The Bertz CT molecular complexity index is 555. The first-order valence-corrected chi connectivity index (χ1v) is 10.1. The summed E-state index contributed by atoms with van der Waals surface area (Å²) in [5.74, 6) is -0.559. The fourth-order valence-electron chi connectivity index (χ4n) is 2.69. The van der Waals surface area contributed by atoms with Crippen LogP contribution in [0.5, 0.6) is 0 Å². The topological polar surface area (TPSA) is 54.4 Å². The van der Waals surface area contributed by atoms with E-state index in [9.17, 15) is 12.8 Å². The van der Waals surface area contributed by atoms with Crippen molar-refractivity contribution in [3.8, 4) is 0 Å². The predicted octanol–water partition coefficient (Wildman–Crippen LogP) is 5.54. The monoisotopic (exact) mass is 344 g/mol. The second kappa shape index (κ2) is 10.8. The third-order valence-electron chi connectivity index (χ3n) is 4.12. The van der Waals surface area contributed by atoms with Crippen molar-refractivity contribution in [1.82, 2.24) is 0 Å². The van der Waals surface area contributed by atoms with Crippen LogP contribution in [0.3, 0.4) is 0 Å². The minimum Gasteiger partial charge on any atom is -0.282 e. The van der Waals surface area contributed by atoms with Gasteiger partial charge < -0.3 is 0 Å². The molecule has 3 nitrogen and oxygen atoms in total. The zero-order valence-corrected chi connectivity index (χ0v) is 14.9. The summed E-state index contributed by atoms with van der Waals surface area (Å²) < 4.78 is 44.5. The summed E-state index contributed by atoms with van der Waals surface area (Å²) in [5, 5.41) is 0. The molecule has 0 aromatic heterocycles. The average Bonchev–Trinajstić information content (AvgIpc) is 2.49. The quantitative estimate of drug-likeness (QED) is 0.400. The van der Waals surface area contributed by atoms with Crippen LogP contribution in [0.25, 0.3) is 0 Å². The lowest BCUT2D eigenvalue weighted by molar-refractivity contribution is 0.481. The molecular weight excluding hydrogens is 315 g/mol. The number of hydrogen-bond acceptors (Lipinski definition) is 2. The summed E-state index contributed by atoms with van der Waals surface area (Å²) in [6.45, 7) is 2.22. The summed E-state index contributed by atoms with van der Waals surface area (Å²) in [7, 11) is -4.33. The molecule has 0 aliphatic carbocycles. The Labute approximate surface area is 140 Å². The number of benzene rings is 1. The zero-order valence-electron chi connectivity index (χ0n) is 14.1. The van der Waals surface area contributed by atoms with Crippen LogP contribution in [0.2, 0.25) is 0 Å². The third-order valence-corrected chi connectivity index (χ3v) is 4.97. The molecule has 0 aliphatic heterocycles. The van der Waals surface area contributed by atoms with E-state index in [-0.39, 0.29) is 4.90 Å². The van der Waals surface area contributed by atoms with Crippen LogP contribution in [0.4, 0.5) is 4.39 Å². The van der Waals surface area contributed by atoms with Gasteiger partial charge in [-0.3, -0.25) is 4.55 Å². The molecule has 0 saturated carbocycles. The van der Waals surface area contributed by atoms with E-state index in [0.717, 1.165) is 18.9 Å². The van der Waals surface area contributed by atoms with Gasteiger partial charge in [-0.1, -0.05) is 70.8 Å². The van der Waals surface area contributed by atoms with E-state index >= 15 is 0 Å². The van der Waals surface area contributed by atoms with Gasteiger partial charge in [-0.05, 0) is 30.5 Å². The van der Waals surface area contributed by atoms with Crippen molar-refractivity contribution in [3.05, 3.63) is 29.6 Å². The Morgan fingerprint density at radius 1 is 0.913 bits per heavy atom. The van der Waals surface area contributed by atoms with E-state index in [1.807, 2.05) is 0 Å². The Hall–Kier alpha value is -0.940. The largest absolute Gasteiger partial charge is 0.294 e. The second-order valence-electron chi connectivity index (χ2n) is 6.16. The molecule has 0 amide bonds. The molecule has 23 heavy (non-hydrogen) atoms. The second-order valence-corrected chi connectivity index (χ2v) is 7.58. The molecule has 0 radical (unpaired) electrons. The summed E-state index contributed by atoms with van der Waals surface area (Å²) in [4.78, 5) is -0.387. The van der Waals surface area contributed by atoms with Crippen molar-refractivity contribution in [1.29, 1.82) is 0 Å². The summed E-state index contributed by atoms with van der Waals surface area (Å²) in [6, 6.07) is 3.59. The molecule has 0 spiro atoms. The Morgan fingerprint density at radius 3 is 1.91 bits per heavy atom. The highest BCUT2D eigenvalue weighted by molar-refractivity contribution is 7.85. The van der Waals surface area contributed by atoms with Gasteiger partial charge in [0.15, 0.2) is 0 Å². The number of halogens is 1. The summed E-state index contributed by atoms with van der Waals surface area (Å²) in [5.41, 5.74) is 0.511. The normalized spacial score (nSPS) is 11.8. The third kappa shape index (κ3) is 8.47. The highest BCUT2D eigenvalue weighted by Gasteiger charge is 2.12. The molecule has 1 N–H and O–H groups in total. The first-order chi connectivity index (χ1) is 10.9. The zero-order chi connectivity index (χ0) is 17.1. The smallest absolute Gasteiger partial charge is 0.282 e. The Balaban J connectivity index is 2.17. The van der Waals surface area contributed by atoms with Crippen molar-refractivity contribution < 1.29 is 17.4 Å². The molecule has 1 aromatic rings. The lowest BCUT2D eigenvalue weighted by atomic mass is 10.0. The number of rotatable bonds is 12. The molecule has 0 fully saturated rings. The summed E-state index contributed by atoms with van der Waals surface area (Å²) >= 11 is 0. The van der Waals surface area contributed by atoms with E-state index in [4.69, 9.17) is 4.55 Å². The molecule has 0 atom stereocenters. The van der Waals surface area contributed by atoms with Crippen molar-refractivity contribution in [2.24, 2.45) is 0 Å². The van der Waals surface area contributed by atoms with Crippen LogP contribution >= 0.6 is 0 Å². The lowest BCUT2D eigenvalue weighted by Gasteiger charge is -2.05. The molecule has 1 rings (SSSR count). The predicted molar refractivity (Wildman–Crippen MR) is 91.8 cm³/mol. The van der Waals surface area contributed by atoms with Gasteiger partial charge >= 0.3 is 0 Å². The van der Waals surface area contributed by atoms with Crippen LogP contribution in [0, 0.1) is 5.82 Å². The maximum Gasteiger partial charge on any atom is 0.294 e. The van der Waals surface area contributed by atoms with Gasteiger partial charge in [0, 0.05) is 0 Å². The van der Waals surface area contributed by atoms with Gasteiger partial charge in [0.05, 0.1) is 4.90 Å². The van der Waals surface area contributed by atoms with Gasteiger partial charge in [-0.25, -0.2) is 4.39 Å². The van der Waals surface area contributed by atoms with Crippen LogP contribution in [0.1, 0.15) is 76.7 Å². The average molecular weight is 344 g/mol. The first-order valence-electron chi connectivity index (χ1n) is 8.71. The fraction of sp³-hybridized carbons (Fsp3) is 0.667. The SMILES string of the molecule is CCCCCCCCCCCCc1ccc(S(=O)(=O)O)cc1F. The molecule has 0 saturated heterocycles.